The number of rotatable bonds is 6. The maximum atomic E-state index is 12.6. The maximum absolute atomic E-state index is 12.6. The van der Waals surface area contributed by atoms with Gasteiger partial charge in [0.1, 0.15) is 5.75 Å². The van der Waals surface area contributed by atoms with Crippen LogP contribution in [0.2, 0.25) is 10.0 Å². The molecule has 0 unspecified atom stereocenters. The summed E-state index contributed by atoms with van der Waals surface area (Å²) in [5.41, 5.74) is 2.92. The molecule has 2 aromatic rings. The van der Waals surface area contributed by atoms with Crippen molar-refractivity contribution in [2.24, 2.45) is 0 Å². The van der Waals surface area contributed by atoms with Gasteiger partial charge in [0.25, 0.3) is 0 Å². The first kappa shape index (κ1) is 21.9. The van der Waals surface area contributed by atoms with E-state index in [-0.39, 0.29) is 6.54 Å². The van der Waals surface area contributed by atoms with E-state index in [4.69, 9.17) is 23.2 Å². The fraction of sp³-hybridized carbons (Fsp3) is 0.350. The highest BCUT2D eigenvalue weighted by atomic mass is 35.5. The van der Waals surface area contributed by atoms with Gasteiger partial charge in [0, 0.05) is 48.5 Å². The predicted octanol–water partition coefficient (Wildman–Crippen LogP) is 3.07. The second-order valence-corrected chi connectivity index (χ2v) is 9.81. The Morgan fingerprint density at radius 1 is 1.07 bits per heavy atom. The van der Waals surface area contributed by atoms with E-state index in [1.807, 2.05) is 25.1 Å². The minimum absolute atomic E-state index is 0.144. The molecule has 0 spiro atoms. The fourth-order valence-corrected chi connectivity index (χ4v) is 5.03. The summed E-state index contributed by atoms with van der Waals surface area (Å²) in [5.74, 6) is -1.14. The molecular formula is C20H23Cl2N3O3S. The molecule has 9 heteroatoms. The van der Waals surface area contributed by atoms with Crippen molar-refractivity contribution in [3.05, 3.63) is 63.6 Å². The Hall–Kier alpha value is -1.80. The molecule has 0 aliphatic carbocycles. The van der Waals surface area contributed by atoms with E-state index >= 15 is 0 Å². The summed E-state index contributed by atoms with van der Waals surface area (Å²) in [4.78, 5) is 14.3. The van der Waals surface area contributed by atoms with Crippen LogP contribution in [0.5, 0.6) is 0 Å². The smallest absolute Gasteiger partial charge is 0.236 e. The number of hydrogen-bond donors (Lipinski definition) is 1. The second-order valence-electron chi connectivity index (χ2n) is 6.99. The lowest BCUT2D eigenvalue weighted by atomic mass is 10.2. The highest BCUT2D eigenvalue weighted by molar-refractivity contribution is 7.89. The van der Waals surface area contributed by atoms with Crippen LogP contribution in [0, 0.1) is 6.92 Å². The van der Waals surface area contributed by atoms with Gasteiger partial charge in [-0.25, -0.2) is 8.42 Å². The van der Waals surface area contributed by atoms with Crippen molar-refractivity contribution in [3.8, 4) is 0 Å². The number of aryl methyl sites for hydroxylation is 1. The molecule has 0 saturated carbocycles. The molecule has 6 nitrogen and oxygen atoms in total. The zero-order valence-corrected chi connectivity index (χ0v) is 18.4. The van der Waals surface area contributed by atoms with Crippen molar-refractivity contribution in [2.45, 2.75) is 13.5 Å². The Morgan fingerprint density at radius 2 is 1.79 bits per heavy atom. The van der Waals surface area contributed by atoms with E-state index in [2.05, 4.69) is 16.3 Å². The minimum Gasteiger partial charge on any atom is -0.369 e. The number of amides is 1. The molecule has 1 heterocycles. The van der Waals surface area contributed by atoms with E-state index in [0.29, 0.717) is 41.8 Å². The summed E-state index contributed by atoms with van der Waals surface area (Å²) in [6.07, 6.45) is 0. The minimum atomic E-state index is -3.68. The quantitative estimate of drug-likeness (QED) is 0.726. The van der Waals surface area contributed by atoms with E-state index in [0.717, 1.165) is 11.3 Å². The third-order valence-electron chi connectivity index (χ3n) is 4.80. The summed E-state index contributed by atoms with van der Waals surface area (Å²) in [5, 5.41) is 3.53. The predicted molar refractivity (Wildman–Crippen MR) is 117 cm³/mol. The van der Waals surface area contributed by atoms with Crippen molar-refractivity contribution in [2.75, 3.05) is 36.8 Å². The average Bonchev–Trinajstić information content (AvgIpc) is 2.67. The first-order valence-corrected chi connectivity index (χ1v) is 11.6. The molecule has 0 aromatic heterocycles. The number of nitrogens with zero attached hydrogens (tertiary/aromatic N) is 2. The number of carbonyl (C=O) groups is 1. The van der Waals surface area contributed by atoms with Gasteiger partial charge in [-0.1, -0.05) is 41.4 Å². The van der Waals surface area contributed by atoms with Crippen LogP contribution in [-0.2, 0) is 21.4 Å². The average molecular weight is 456 g/mol. The molecule has 1 aliphatic heterocycles. The molecule has 0 radical (unpaired) electrons. The largest absolute Gasteiger partial charge is 0.369 e. The lowest BCUT2D eigenvalue weighted by Crippen LogP contribution is -2.50. The molecule has 156 valence electrons. The fourth-order valence-electron chi connectivity index (χ4n) is 3.22. The van der Waals surface area contributed by atoms with Crippen molar-refractivity contribution < 1.29 is 13.2 Å². The van der Waals surface area contributed by atoms with E-state index in [1.54, 1.807) is 18.2 Å². The zero-order chi connectivity index (χ0) is 21.0. The summed E-state index contributed by atoms with van der Waals surface area (Å²) in [6, 6.07) is 13.1. The summed E-state index contributed by atoms with van der Waals surface area (Å²) < 4.78 is 26.6. The standard InChI is InChI=1S/C20H23Cl2N3O3S/c1-15-3-2-4-18(11-15)24-7-9-25(10-8-24)29(27,28)14-20(26)23-13-16-5-6-17(21)12-19(16)22/h2-6,11-12H,7-10,13-14H2,1H3,(H,23,26). The molecule has 1 aliphatic rings. The van der Waals surface area contributed by atoms with Gasteiger partial charge >= 0.3 is 0 Å². The number of carbonyl (C=O) groups excluding carboxylic acids is 1. The van der Waals surface area contributed by atoms with Gasteiger partial charge in [0.05, 0.1) is 0 Å². The van der Waals surface area contributed by atoms with Gasteiger partial charge in [-0.15, -0.1) is 0 Å². The van der Waals surface area contributed by atoms with E-state index in [1.165, 1.54) is 4.31 Å². The molecule has 0 atom stereocenters. The van der Waals surface area contributed by atoms with Crippen molar-refractivity contribution in [1.29, 1.82) is 0 Å². The Morgan fingerprint density at radius 3 is 2.45 bits per heavy atom. The molecule has 1 fully saturated rings. The maximum Gasteiger partial charge on any atom is 0.236 e. The Balaban J connectivity index is 1.52. The first-order valence-electron chi connectivity index (χ1n) is 9.25. The molecule has 0 bridgehead atoms. The SMILES string of the molecule is Cc1cccc(N2CCN(S(=O)(=O)CC(=O)NCc3ccc(Cl)cc3Cl)CC2)c1. The van der Waals surface area contributed by atoms with Crippen LogP contribution in [0.4, 0.5) is 5.69 Å². The van der Waals surface area contributed by atoms with Crippen LogP contribution in [0.1, 0.15) is 11.1 Å². The summed E-state index contributed by atoms with van der Waals surface area (Å²) in [6.45, 7) is 4.06. The molecule has 3 rings (SSSR count). The van der Waals surface area contributed by atoms with Crippen LogP contribution in [0.25, 0.3) is 0 Å². The van der Waals surface area contributed by atoms with Crippen molar-refractivity contribution >= 4 is 44.8 Å². The summed E-state index contributed by atoms with van der Waals surface area (Å²) in [7, 11) is -3.68. The van der Waals surface area contributed by atoms with Gasteiger partial charge < -0.3 is 10.2 Å². The number of benzene rings is 2. The normalized spacial score (nSPS) is 15.3. The van der Waals surface area contributed by atoms with Crippen LogP contribution < -0.4 is 10.2 Å². The van der Waals surface area contributed by atoms with Crippen LogP contribution in [0.15, 0.2) is 42.5 Å². The Bertz CT molecular complexity index is 990. The van der Waals surface area contributed by atoms with Crippen LogP contribution >= 0.6 is 23.2 Å². The number of anilines is 1. The van der Waals surface area contributed by atoms with Crippen molar-refractivity contribution in [3.63, 3.8) is 0 Å². The molecule has 2 aromatic carbocycles. The highest BCUT2D eigenvalue weighted by Gasteiger charge is 2.29. The number of halogens is 2. The Labute approximate surface area is 181 Å². The molecule has 1 N–H and O–H groups in total. The molecule has 1 amide bonds. The lowest BCUT2D eigenvalue weighted by Gasteiger charge is -2.35. The van der Waals surface area contributed by atoms with Crippen LogP contribution in [0.3, 0.4) is 0 Å². The third kappa shape index (κ3) is 5.85. The number of sulfonamides is 1. The van der Waals surface area contributed by atoms with E-state index < -0.39 is 21.7 Å². The second kappa shape index (κ2) is 9.34. The van der Waals surface area contributed by atoms with Gasteiger partial charge in [0.2, 0.25) is 15.9 Å². The lowest BCUT2D eigenvalue weighted by molar-refractivity contribution is -0.118. The van der Waals surface area contributed by atoms with Gasteiger partial charge in [-0.3, -0.25) is 4.79 Å². The number of piperazine rings is 1. The molecule has 1 saturated heterocycles. The van der Waals surface area contributed by atoms with Crippen molar-refractivity contribution in [1.82, 2.24) is 9.62 Å². The third-order valence-corrected chi connectivity index (χ3v) is 7.17. The number of hydrogen-bond acceptors (Lipinski definition) is 4. The Kier molecular flexibility index (Phi) is 7.05. The molecular weight excluding hydrogens is 433 g/mol. The topological polar surface area (TPSA) is 69.7 Å². The monoisotopic (exact) mass is 455 g/mol. The summed E-state index contributed by atoms with van der Waals surface area (Å²) >= 11 is 11.9. The first-order chi connectivity index (χ1) is 13.7. The zero-order valence-electron chi connectivity index (χ0n) is 16.1. The highest BCUT2D eigenvalue weighted by Crippen LogP contribution is 2.21. The van der Waals surface area contributed by atoms with Crippen LogP contribution in [-0.4, -0.2) is 50.6 Å². The molecule has 29 heavy (non-hydrogen) atoms. The van der Waals surface area contributed by atoms with Gasteiger partial charge in [-0.05, 0) is 42.3 Å². The van der Waals surface area contributed by atoms with E-state index in [9.17, 15) is 13.2 Å². The number of nitrogens with one attached hydrogen (secondary N) is 1. The van der Waals surface area contributed by atoms with Gasteiger partial charge in [0.15, 0.2) is 0 Å². The van der Waals surface area contributed by atoms with Gasteiger partial charge in [-0.2, -0.15) is 4.31 Å².